The predicted octanol–water partition coefficient (Wildman–Crippen LogP) is -2.90. The van der Waals surface area contributed by atoms with E-state index in [1.54, 1.807) is 0 Å². The van der Waals surface area contributed by atoms with Crippen LogP contribution in [0.1, 0.15) is 6.23 Å². The zero-order valence-electron chi connectivity index (χ0n) is 20.0. The molecule has 2 aromatic heterocycles. The average Bonchev–Trinajstić information content (AvgIpc) is 3.54. The van der Waals surface area contributed by atoms with Gasteiger partial charge in [-0.25, -0.2) is 15.0 Å². The van der Waals surface area contributed by atoms with Crippen LogP contribution in [0.5, 0.6) is 0 Å². The van der Waals surface area contributed by atoms with Gasteiger partial charge in [-0.3, -0.25) is 43.8 Å². The Kier molecular flexibility index (Phi) is 7.18. The standard InChI is InChI=1S/C16H16N8O16P2/c17-13-10-14(19-4-18-13)21(5-20-10)15-12-11(7(37-15)3-36-42(34,35)40-41(31,32)33)38-16(39-12)8(23(27)28)1-6(22(25)26)2-9(16)24(29)30/h1-2,4-5,7-8,11-12,15H,3H2,(H,34,35)(H2,17,18,19)(H2,31,32,33)/p-3/t7-,8?,11-,12-,15-,16-/m1/s1. The third-order valence-corrected chi connectivity index (χ3v) is 8.23. The molecule has 2 N–H and O–H groups in total. The molecule has 2 saturated heterocycles. The molecule has 26 heteroatoms. The minimum absolute atomic E-state index is 0.0103. The Bertz CT molecular complexity index is 1660. The fourth-order valence-electron chi connectivity index (χ4n) is 4.60. The van der Waals surface area contributed by atoms with E-state index >= 15 is 0 Å². The number of nitrogen functional groups attached to an aromatic ring is 1. The maximum absolute atomic E-state index is 12.0. The summed E-state index contributed by atoms with van der Waals surface area (Å²) in [4.78, 5) is 77.1. The number of rotatable bonds is 9. The third kappa shape index (κ3) is 5.15. The van der Waals surface area contributed by atoms with Crippen molar-refractivity contribution in [3.63, 3.8) is 0 Å². The second-order valence-corrected chi connectivity index (χ2v) is 11.3. The van der Waals surface area contributed by atoms with Crippen molar-refractivity contribution in [2.24, 2.45) is 0 Å². The number of fused-ring (bicyclic) bond motifs is 2. The molecule has 3 aliphatic rings. The lowest BCUT2D eigenvalue weighted by atomic mass is 9.96. The van der Waals surface area contributed by atoms with Gasteiger partial charge < -0.3 is 43.7 Å². The van der Waals surface area contributed by atoms with E-state index in [9.17, 15) is 54.2 Å². The summed E-state index contributed by atoms with van der Waals surface area (Å²) in [6, 6.07) is -2.38. The van der Waals surface area contributed by atoms with E-state index in [1.807, 2.05) is 0 Å². The fraction of sp³-hybridized carbons (Fsp3) is 0.438. The second kappa shape index (κ2) is 10.2. The van der Waals surface area contributed by atoms with Crippen LogP contribution in [0.4, 0.5) is 5.82 Å². The van der Waals surface area contributed by atoms with Crippen LogP contribution in [-0.2, 0) is 32.2 Å². The van der Waals surface area contributed by atoms with E-state index in [1.165, 1.54) is 0 Å². The molecule has 1 aliphatic carbocycles. The SMILES string of the molecule is Nc1ncnc2c1ncn2[C@@H]1O[C@H](COP(=O)([O-])OP(=O)([O-])[O-])[C@H]2O[C@]3(O[C@H]21)C([N+](=O)[O-])=CC([N+](=O)[O-])=CC3[N+](=O)[O-]. The number of phosphoric ester groups is 1. The van der Waals surface area contributed by atoms with Crippen LogP contribution in [-0.4, -0.2) is 71.0 Å². The molecule has 2 aromatic rings. The monoisotopic (exact) mass is 635 g/mol. The number of nitrogens with two attached hydrogens (primary N) is 1. The molecule has 2 aliphatic heterocycles. The van der Waals surface area contributed by atoms with Crippen LogP contribution >= 0.6 is 15.6 Å². The number of imidazole rings is 1. The number of nitro groups is 3. The number of allylic oxidation sites excluding steroid dienone is 1. The largest absolute Gasteiger partial charge is 0.790 e. The van der Waals surface area contributed by atoms with Crippen molar-refractivity contribution >= 4 is 32.6 Å². The summed E-state index contributed by atoms with van der Waals surface area (Å²) in [6.07, 6.45) is -3.48. The lowest BCUT2D eigenvalue weighted by Crippen LogP contribution is -2.53. The van der Waals surface area contributed by atoms with E-state index < -0.39 is 84.8 Å². The summed E-state index contributed by atoms with van der Waals surface area (Å²) < 4.78 is 48.8. The molecule has 1 spiro atoms. The van der Waals surface area contributed by atoms with Gasteiger partial charge in [0.2, 0.25) is 0 Å². The van der Waals surface area contributed by atoms with Gasteiger partial charge in [-0.2, -0.15) is 0 Å². The topological polar surface area (TPSA) is 349 Å². The van der Waals surface area contributed by atoms with Crippen molar-refractivity contribution in [2.75, 3.05) is 12.3 Å². The summed E-state index contributed by atoms with van der Waals surface area (Å²) in [5, 5.41) is 35.3. The first-order valence-electron chi connectivity index (χ1n) is 11.0. The van der Waals surface area contributed by atoms with Crippen LogP contribution in [0, 0.1) is 30.3 Å². The van der Waals surface area contributed by atoms with Gasteiger partial charge in [0.05, 0.1) is 42.8 Å². The molecule has 42 heavy (non-hydrogen) atoms. The minimum Gasteiger partial charge on any atom is -0.790 e. The smallest absolute Gasteiger partial charge is 0.337 e. The summed E-state index contributed by atoms with van der Waals surface area (Å²) in [5.74, 6) is -3.02. The highest BCUT2D eigenvalue weighted by atomic mass is 31.3. The zero-order valence-corrected chi connectivity index (χ0v) is 21.8. The van der Waals surface area contributed by atoms with Gasteiger partial charge in [-0.15, -0.1) is 0 Å². The molecular formula is C16H13N8O16P2-3. The lowest BCUT2D eigenvalue weighted by Gasteiger charge is -2.35. The van der Waals surface area contributed by atoms with Crippen LogP contribution in [0.3, 0.4) is 0 Å². The van der Waals surface area contributed by atoms with Crippen molar-refractivity contribution in [1.82, 2.24) is 19.5 Å². The number of phosphoric acid groups is 2. The number of nitrogens with zero attached hydrogens (tertiary/aromatic N) is 7. The van der Waals surface area contributed by atoms with Crippen LogP contribution in [0.25, 0.3) is 11.2 Å². The molecular weight excluding hydrogens is 622 g/mol. The summed E-state index contributed by atoms with van der Waals surface area (Å²) in [5.41, 5.74) is 3.55. The Balaban J connectivity index is 1.58. The number of anilines is 1. The molecule has 4 heterocycles. The highest BCUT2D eigenvalue weighted by Crippen LogP contribution is 2.53. The first-order valence-corrected chi connectivity index (χ1v) is 13.9. The predicted molar refractivity (Wildman–Crippen MR) is 119 cm³/mol. The normalized spacial score (nSPS) is 30.5. The average molecular weight is 635 g/mol. The Morgan fingerprint density at radius 1 is 1.05 bits per heavy atom. The first-order chi connectivity index (χ1) is 19.5. The number of hydrogen-bond acceptors (Lipinski definition) is 20. The van der Waals surface area contributed by atoms with E-state index in [0.717, 1.165) is 17.2 Å². The number of ether oxygens (including phenoxy) is 3. The van der Waals surface area contributed by atoms with Gasteiger partial charge in [0.1, 0.15) is 30.2 Å². The van der Waals surface area contributed by atoms with E-state index in [2.05, 4.69) is 23.8 Å². The second-order valence-electron chi connectivity index (χ2n) is 8.62. The van der Waals surface area contributed by atoms with Crippen molar-refractivity contribution in [2.45, 2.75) is 36.4 Å². The van der Waals surface area contributed by atoms with Gasteiger partial charge in [0.15, 0.2) is 17.7 Å². The molecule has 7 atom stereocenters. The molecule has 0 radical (unpaired) electrons. The molecule has 2 fully saturated rings. The maximum atomic E-state index is 12.0. The number of aromatic nitrogens is 4. The van der Waals surface area contributed by atoms with Gasteiger partial charge in [0.25, 0.3) is 13.5 Å². The van der Waals surface area contributed by atoms with Crippen molar-refractivity contribution in [1.29, 1.82) is 0 Å². The number of hydrogen-bond donors (Lipinski definition) is 1. The molecule has 226 valence electrons. The quantitative estimate of drug-likeness (QED) is 0.164. The van der Waals surface area contributed by atoms with Gasteiger partial charge >= 0.3 is 17.5 Å². The molecule has 0 amide bonds. The summed E-state index contributed by atoms with van der Waals surface area (Å²) in [6.45, 7) is -1.17. The third-order valence-electron chi connectivity index (χ3n) is 6.16. The van der Waals surface area contributed by atoms with Crippen LogP contribution in [0.2, 0.25) is 0 Å². The Morgan fingerprint density at radius 2 is 1.74 bits per heavy atom. The lowest BCUT2D eigenvalue weighted by molar-refractivity contribution is -0.569. The molecule has 5 rings (SSSR count). The molecule has 24 nitrogen and oxygen atoms in total. The molecule has 0 bridgehead atoms. The Morgan fingerprint density at radius 3 is 2.36 bits per heavy atom. The van der Waals surface area contributed by atoms with E-state index in [-0.39, 0.29) is 17.0 Å². The van der Waals surface area contributed by atoms with Crippen molar-refractivity contribution in [3.05, 3.63) is 66.5 Å². The summed E-state index contributed by atoms with van der Waals surface area (Å²) >= 11 is 0. The Labute approximate surface area is 229 Å². The zero-order chi connectivity index (χ0) is 30.8. The van der Waals surface area contributed by atoms with Crippen LogP contribution in [0.15, 0.2) is 36.2 Å². The van der Waals surface area contributed by atoms with E-state index in [4.69, 9.17) is 19.9 Å². The van der Waals surface area contributed by atoms with Crippen molar-refractivity contribution < 1.29 is 61.6 Å². The maximum Gasteiger partial charge on any atom is 0.337 e. The van der Waals surface area contributed by atoms with Crippen molar-refractivity contribution in [3.8, 4) is 0 Å². The summed E-state index contributed by atoms with van der Waals surface area (Å²) in [7, 11) is -11.9. The molecule has 0 saturated carbocycles. The van der Waals surface area contributed by atoms with Gasteiger partial charge in [0, 0.05) is 4.92 Å². The molecule has 2 unspecified atom stereocenters. The minimum atomic E-state index is -6.09. The fourth-order valence-corrected chi connectivity index (χ4v) is 6.10. The first kappa shape index (κ1) is 29.7. The van der Waals surface area contributed by atoms with Gasteiger partial charge in [-0.05, 0) is 0 Å². The Hall–Kier alpha value is -3.83. The highest BCUT2D eigenvalue weighted by molar-refractivity contribution is 7.58. The van der Waals surface area contributed by atoms with Gasteiger partial charge in [-0.1, -0.05) is 0 Å². The van der Waals surface area contributed by atoms with Crippen LogP contribution < -0.4 is 20.4 Å². The molecule has 0 aromatic carbocycles. The van der Waals surface area contributed by atoms with E-state index in [0.29, 0.717) is 12.2 Å². The highest BCUT2D eigenvalue weighted by Gasteiger charge is 2.71.